The molecule has 21 heavy (non-hydrogen) atoms. The van der Waals surface area contributed by atoms with Crippen LogP contribution in [0.25, 0.3) is 0 Å². The maximum Gasteiger partial charge on any atom is 0.0946 e. The number of hydrogen-bond donors (Lipinski definition) is 1. The van der Waals surface area contributed by atoms with Gasteiger partial charge in [-0.3, -0.25) is 0 Å². The van der Waals surface area contributed by atoms with Crippen molar-refractivity contribution in [1.29, 1.82) is 0 Å². The van der Waals surface area contributed by atoms with Gasteiger partial charge in [-0.05, 0) is 32.3 Å². The van der Waals surface area contributed by atoms with E-state index in [2.05, 4.69) is 63.0 Å². The summed E-state index contributed by atoms with van der Waals surface area (Å²) in [4.78, 5) is 5.97. The van der Waals surface area contributed by atoms with Crippen molar-refractivity contribution in [2.24, 2.45) is 5.73 Å². The number of hydrogen-bond acceptors (Lipinski definition) is 3. The highest BCUT2D eigenvalue weighted by Gasteiger charge is 2.35. The molecule has 2 rings (SSSR count). The summed E-state index contributed by atoms with van der Waals surface area (Å²) in [6, 6.07) is 10.8. The molecule has 1 aromatic carbocycles. The highest BCUT2D eigenvalue weighted by Crippen LogP contribution is 2.36. The molecule has 1 heterocycles. The normalized spacial score (nSPS) is 13.4. The molecule has 2 N–H and O–H groups in total. The summed E-state index contributed by atoms with van der Waals surface area (Å²) in [5.74, 6) is 0. The lowest BCUT2D eigenvalue weighted by Crippen LogP contribution is -2.46. The first-order valence-corrected chi connectivity index (χ1v) is 8.59. The van der Waals surface area contributed by atoms with Crippen molar-refractivity contribution in [3.8, 4) is 0 Å². The third-order valence-electron chi connectivity index (χ3n) is 4.79. The molecule has 0 spiro atoms. The lowest BCUT2D eigenvalue weighted by Gasteiger charge is -2.38. The first kappa shape index (κ1) is 16.2. The minimum Gasteiger partial charge on any atom is -0.327 e. The van der Waals surface area contributed by atoms with Crippen molar-refractivity contribution >= 4 is 11.3 Å². The van der Waals surface area contributed by atoms with E-state index in [0.29, 0.717) is 0 Å². The van der Waals surface area contributed by atoms with E-state index in [1.54, 1.807) is 11.3 Å². The fourth-order valence-electron chi connectivity index (χ4n) is 3.18. The van der Waals surface area contributed by atoms with Crippen LogP contribution in [0.3, 0.4) is 0 Å². The standard InChI is InChI=1S/C18H26N2S/c1-5-18(6-2,15-10-8-7-9-11-15)16(19)12-17-20-13(3)14(4)21-17/h7-11,16H,5-6,12,19H2,1-4H3. The van der Waals surface area contributed by atoms with Gasteiger partial charge in [0.05, 0.1) is 10.7 Å². The third kappa shape index (κ3) is 3.19. The van der Waals surface area contributed by atoms with Gasteiger partial charge in [-0.25, -0.2) is 4.98 Å². The quantitative estimate of drug-likeness (QED) is 0.859. The van der Waals surface area contributed by atoms with Crippen LogP contribution in [0.2, 0.25) is 0 Å². The van der Waals surface area contributed by atoms with Crippen LogP contribution in [-0.4, -0.2) is 11.0 Å². The molecule has 114 valence electrons. The van der Waals surface area contributed by atoms with Crippen LogP contribution in [0.15, 0.2) is 30.3 Å². The topological polar surface area (TPSA) is 38.9 Å². The van der Waals surface area contributed by atoms with Gasteiger partial charge in [0.25, 0.3) is 0 Å². The Hall–Kier alpha value is -1.19. The Labute approximate surface area is 132 Å². The van der Waals surface area contributed by atoms with Gasteiger partial charge in [-0.2, -0.15) is 0 Å². The highest BCUT2D eigenvalue weighted by atomic mass is 32.1. The van der Waals surface area contributed by atoms with Gasteiger partial charge < -0.3 is 5.73 Å². The van der Waals surface area contributed by atoms with Gasteiger partial charge in [0, 0.05) is 22.8 Å². The molecule has 0 aliphatic heterocycles. The molecule has 1 unspecified atom stereocenters. The van der Waals surface area contributed by atoms with E-state index < -0.39 is 0 Å². The number of nitrogens with zero attached hydrogens (tertiary/aromatic N) is 1. The molecular weight excluding hydrogens is 276 g/mol. The molecule has 1 aromatic heterocycles. The Kier molecular flexibility index (Phi) is 5.17. The zero-order valence-corrected chi connectivity index (χ0v) is 14.3. The fraction of sp³-hybridized carbons (Fsp3) is 0.500. The van der Waals surface area contributed by atoms with E-state index in [1.807, 2.05) is 0 Å². The number of benzene rings is 1. The first-order valence-electron chi connectivity index (χ1n) is 7.77. The lowest BCUT2D eigenvalue weighted by atomic mass is 9.69. The summed E-state index contributed by atoms with van der Waals surface area (Å²) in [5.41, 5.74) is 9.19. The Bertz CT molecular complexity index is 551. The summed E-state index contributed by atoms with van der Waals surface area (Å²) in [5, 5.41) is 1.17. The number of rotatable bonds is 6. The highest BCUT2D eigenvalue weighted by molar-refractivity contribution is 7.11. The van der Waals surface area contributed by atoms with Gasteiger partial charge >= 0.3 is 0 Å². The molecule has 3 heteroatoms. The fourth-order valence-corrected chi connectivity index (χ4v) is 4.17. The largest absolute Gasteiger partial charge is 0.327 e. The van der Waals surface area contributed by atoms with Crippen LogP contribution in [0, 0.1) is 13.8 Å². The monoisotopic (exact) mass is 302 g/mol. The van der Waals surface area contributed by atoms with E-state index in [9.17, 15) is 0 Å². The van der Waals surface area contributed by atoms with Crippen LogP contribution in [0.5, 0.6) is 0 Å². The third-order valence-corrected chi connectivity index (χ3v) is 5.88. The second kappa shape index (κ2) is 6.71. The predicted molar refractivity (Wildman–Crippen MR) is 92.0 cm³/mol. The van der Waals surface area contributed by atoms with Crippen molar-refractivity contribution in [2.45, 2.75) is 58.4 Å². The van der Waals surface area contributed by atoms with Crippen LogP contribution < -0.4 is 5.73 Å². The first-order chi connectivity index (χ1) is 10.0. The number of aromatic nitrogens is 1. The average Bonchev–Trinajstić information content (AvgIpc) is 2.80. The molecule has 0 bridgehead atoms. The summed E-state index contributed by atoms with van der Waals surface area (Å²) in [7, 11) is 0. The molecular formula is C18H26N2S. The van der Waals surface area contributed by atoms with E-state index in [0.717, 1.165) is 25.0 Å². The second-order valence-corrected chi connectivity index (χ2v) is 7.08. The SMILES string of the molecule is CCC(CC)(c1ccccc1)C(N)Cc1nc(C)c(C)s1. The van der Waals surface area contributed by atoms with Crippen molar-refractivity contribution in [3.05, 3.63) is 51.5 Å². The van der Waals surface area contributed by atoms with Crippen LogP contribution >= 0.6 is 11.3 Å². The molecule has 0 saturated carbocycles. The van der Waals surface area contributed by atoms with Crippen molar-refractivity contribution in [1.82, 2.24) is 4.98 Å². The molecule has 0 saturated heterocycles. The molecule has 0 aliphatic rings. The lowest BCUT2D eigenvalue weighted by molar-refractivity contribution is 0.314. The smallest absolute Gasteiger partial charge is 0.0946 e. The summed E-state index contributed by atoms with van der Waals surface area (Å²) in [6.45, 7) is 8.69. The number of nitrogens with two attached hydrogens (primary N) is 1. The predicted octanol–water partition coefficient (Wildman–Crippen LogP) is 4.39. The van der Waals surface area contributed by atoms with Gasteiger partial charge in [0.1, 0.15) is 0 Å². The van der Waals surface area contributed by atoms with Gasteiger partial charge in [-0.1, -0.05) is 44.2 Å². The molecule has 0 fully saturated rings. The van der Waals surface area contributed by atoms with Gasteiger partial charge in [0.2, 0.25) is 0 Å². The van der Waals surface area contributed by atoms with Crippen LogP contribution in [0.4, 0.5) is 0 Å². The van der Waals surface area contributed by atoms with Crippen LogP contribution in [0.1, 0.15) is 47.8 Å². The summed E-state index contributed by atoms with van der Waals surface area (Å²) < 4.78 is 0. The van der Waals surface area contributed by atoms with Crippen molar-refractivity contribution in [3.63, 3.8) is 0 Å². The zero-order chi connectivity index (χ0) is 15.5. The maximum atomic E-state index is 6.66. The molecule has 1 atom stereocenters. The molecule has 0 aliphatic carbocycles. The molecule has 2 aromatic rings. The Morgan fingerprint density at radius 3 is 2.24 bits per heavy atom. The minimum absolute atomic E-state index is 0.0364. The Balaban J connectivity index is 2.29. The summed E-state index contributed by atoms with van der Waals surface area (Å²) >= 11 is 1.78. The summed E-state index contributed by atoms with van der Waals surface area (Å²) in [6.07, 6.45) is 2.96. The minimum atomic E-state index is 0.0364. The van der Waals surface area contributed by atoms with Gasteiger partial charge in [0.15, 0.2) is 0 Å². The molecule has 2 nitrogen and oxygen atoms in total. The van der Waals surface area contributed by atoms with Crippen molar-refractivity contribution in [2.75, 3.05) is 0 Å². The maximum absolute atomic E-state index is 6.66. The number of aryl methyl sites for hydroxylation is 2. The van der Waals surface area contributed by atoms with E-state index in [1.165, 1.54) is 15.4 Å². The number of thiazole rings is 1. The molecule has 0 amide bonds. The van der Waals surface area contributed by atoms with Gasteiger partial charge in [-0.15, -0.1) is 11.3 Å². The Morgan fingerprint density at radius 1 is 1.14 bits per heavy atom. The zero-order valence-electron chi connectivity index (χ0n) is 13.5. The van der Waals surface area contributed by atoms with E-state index >= 15 is 0 Å². The van der Waals surface area contributed by atoms with Crippen LogP contribution in [-0.2, 0) is 11.8 Å². The second-order valence-electron chi connectivity index (χ2n) is 5.79. The van der Waals surface area contributed by atoms with E-state index in [4.69, 9.17) is 5.73 Å². The van der Waals surface area contributed by atoms with Crippen molar-refractivity contribution < 1.29 is 0 Å². The Morgan fingerprint density at radius 2 is 1.76 bits per heavy atom. The average molecular weight is 302 g/mol. The van der Waals surface area contributed by atoms with E-state index in [-0.39, 0.29) is 11.5 Å². The molecule has 0 radical (unpaired) electrons.